The minimum absolute atomic E-state index is 0.00140. The van der Waals surface area contributed by atoms with Gasteiger partial charge in [0.1, 0.15) is 0 Å². The largest absolute Gasteiger partial charge is 0.466 e. The van der Waals surface area contributed by atoms with Gasteiger partial charge in [-0.15, -0.1) is 0 Å². The molecule has 0 bridgehead atoms. The van der Waals surface area contributed by atoms with Crippen molar-refractivity contribution in [3.8, 4) is 0 Å². The highest BCUT2D eigenvalue weighted by atomic mass is 16.6. The zero-order valence-corrected chi connectivity index (χ0v) is 17.5. The van der Waals surface area contributed by atoms with E-state index in [-0.39, 0.29) is 29.5 Å². The van der Waals surface area contributed by atoms with E-state index >= 15 is 0 Å². The van der Waals surface area contributed by atoms with Crippen molar-refractivity contribution < 1.29 is 19.2 Å². The van der Waals surface area contributed by atoms with Crippen molar-refractivity contribution in [2.75, 3.05) is 11.5 Å². The summed E-state index contributed by atoms with van der Waals surface area (Å²) >= 11 is 0. The Bertz CT molecular complexity index is 689. The third-order valence-corrected chi connectivity index (χ3v) is 5.51. The molecule has 0 aliphatic carbocycles. The third kappa shape index (κ3) is 6.54. The number of hydrogen-bond donors (Lipinski definition) is 0. The Morgan fingerprint density at radius 2 is 1.90 bits per heavy atom. The van der Waals surface area contributed by atoms with E-state index in [1.165, 1.54) is 12.1 Å². The quantitative estimate of drug-likeness (QED) is 0.224. The zero-order valence-electron chi connectivity index (χ0n) is 17.5. The lowest BCUT2D eigenvalue weighted by Crippen LogP contribution is -2.47. The zero-order chi connectivity index (χ0) is 21.2. The second-order valence-corrected chi connectivity index (χ2v) is 7.68. The molecule has 0 saturated carbocycles. The van der Waals surface area contributed by atoms with Crippen LogP contribution < -0.4 is 4.90 Å². The Kier molecular flexibility index (Phi) is 9.09. The van der Waals surface area contributed by atoms with Crippen molar-refractivity contribution in [3.63, 3.8) is 0 Å². The van der Waals surface area contributed by atoms with Crippen molar-refractivity contribution in [2.45, 2.75) is 77.7 Å². The molecule has 1 aliphatic rings. The molecule has 0 radical (unpaired) electrons. The summed E-state index contributed by atoms with van der Waals surface area (Å²) in [5.74, 6) is -0.165. The van der Waals surface area contributed by atoms with Crippen LogP contribution in [0.4, 0.5) is 11.4 Å². The van der Waals surface area contributed by atoms with Crippen LogP contribution in [0.3, 0.4) is 0 Å². The fraction of sp³-hybridized carbons (Fsp3) is 0.636. The van der Waals surface area contributed by atoms with Crippen molar-refractivity contribution in [1.29, 1.82) is 0 Å². The molecule has 0 aromatic heterocycles. The van der Waals surface area contributed by atoms with Crippen LogP contribution in [0.5, 0.6) is 0 Å². The molecule has 160 valence electrons. The topological polar surface area (TPSA) is 89.8 Å². The van der Waals surface area contributed by atoms with Crippen LogP contribution in [0.25, 0.3) is 0 Å². The van der Waals surface area contributed by atoms with Crippen LogP contribution in [-0.4, -0.2) is 29.4 Å². The molecule has 2 rings (SSSR count). The summed E-state index contributed by atoms with van der Waals surface area (Å²) in [5.41, 5.74) is 0.663. The molecule has 1 aliphatic heterocycles. The highest BCUT2D eigenvalue weighted by molar-refractivity contribution is 5.94. The van der Waals surface area contributed by atoms with E-state index in [1.54, 1.807) is 17.0 Å². The number of esters is 1. The van der Waals surface area contributed by atoms with Gasteiger partial charge in [-0.3, -0.25) is 19.7 Å². The van der Waals surface area contributed by atoms with Crippen molar-refractivity contribution in [1.82, 2.24) is 0 Å². The number of nitro benzene ring substituents is 1. The van der Waals surface area contributed by atoms with Gasteiger partial charge in [0.05, 0.1) is 18.0 Å². The molecule has 1 heterocycles. The SMILES string of the molecule is CCCCCC(C1CCOC(=O)C1)N(C(=O)CCCC)c1ccc([N+](=O)[O-])cc1. The van der Waals surface area contributed by atoms with Gasteiger partial charge in [0.15, 0.2) is 0 Å². The fourth-order valence-electron chi connectivity index (χ4n) is 3.91. The van der Waals surface area contributed by atoms with Gasteiger partial charge in [-0.1, -0.05) is 39.5 Å². The minimum Gasteiger partial charge on any atom is -0.466 e. The summed E-state index contributed by atoms with van der Waals surface area (Å²) in [7, 11) is 0. The molecule has 7 heteroatoms. The number of cyclic esters (lactones) is 1. The smallest absolute Gasteiger partial charge is 0.306 e. The summed E-state index contributed by atoms with van der Waals surface area (Å²) in [6.07, 6.45) is 7.07. The number of unbranched alkanes of at least 4 members (excludes halogenated alkanes) is 3. The monoisotopic (exact) mass is 404 g/mol. The average Bonchev–Trinajstić information content (AvgIpc) is 2.71. The number of nitro groups is 1. The Labute approximate surface area is 172 Å². The van der Waals surface area contributed by atoms with Gasteiger partial charge in [0, 0.05) is 30.3 Å². The van der Waals surface area contributed by atoms with Gasteiger partial charge < -0.3 is 9.64 Å². The number of carbonyl (C=O) groups is 2. The number of rotatable bonds is 11. The van der Waals surface area contributed by atoms with E-state index in [0.29, 0.717) is 25.1 Å². The maximum absolute atomic E-state index is 13.2. The number of hydrogen-bond acceptors (Lipinski definition) is 5. The van der Waals surface area contributed by atoms with Crippen LogP contribution >= 0.6 is 0 Å². The number of nitrogens with zero attached hydrogens (tertiary/aromatic N) is 2. The molecular formula is C22H32N2O5. The van der Waals surface area contributed by atoms with E-state index in [9.17, 15) is 19.7 Å². The Morgan fingerprint density at radius 1 is 1.21 bits per heavy atom. The molecule has 0 N–H and O–H groups in total. The minimum atomic E-state index is -0.442. The molecule has 1 aromatic rings. The van der Waals surface area contributed by atoms with Crippen LogP contribution in [0.1, 0.15) is 71.6 Å². The van der Waals surface area contributed by atoms with Crippen LogP contribution in [0.2, 0.25) is 0 Å². The lowest BCUT2D eigenvalue weighted by atomic mass is 9.86. The Morgan fingerprint density at radius 3 is 2.48 bits per heavy atom. The normalized spacial score (nSPS) is 17.4. The van der Waals surface area contributed by atoms with E-state index in [1.807, 2.05) is 6.92 Å². The molecule has 7 nitrogen and oxygen atoms in total. The van der Waals surface area contributed by atoms with Gasteiger partial charge in [-0.2, -0.15) is 0 Å². The summed E-state index contributed by atoms with van der Waals surface area (Å²) < 4.78 is 5.12. The van der Waals surface area contributed by atoms with E-state index in [0.717, 1.165) is 44.9 Å². The first-order valence-corrected chi connectivity index (χ1v) is 10.7. The maximum Gasteiger partial charge on any atom is 0.306 e. The van der Waals surface area contributed by atoms with Crippen LogP contribution in [0.15, 0.2) is 24.3 Å². The number of non-ortho nitro benzene ring substituents is 1. The first-order chi connectivity index (χ1) is 14.0. The summed E-state index contributed by atoms with van der Waals surface area (Å²) in [4.78, 5) is 37.5. The molecule has 29 heavy (non-hydrogen) atoms. The van der Waals surface area contributed by atoms with E-state index in [2.05, 4.69) is 6.92 Å². The second kappa shape index (κ2) is 11.5. The highest BCUT2D eigenvalue weighted by Crippen LogP contribution is 2.32. The van der Waals surface area contributed by atoms with Crippen LogP contribution in [-0.2, 0) is 14.3 Å². The molecular weight excluding hydrogens is 372 g/mol. The summed E-state index contributed by atoms with van der Waals surface area (Å²) in [6, 6.07) is 6.06. The highest BCUT2D eigenvalue weighted by Gasteiger charge is 2.35. The Balaban J connectivity index is 2.36. The average molecular weight is 405 g/mol. The van der Waals surface area contributed by atoms with Gasteiger partial charge in [-0.25, -0.2) is 0 Å². The first-order valence-electron chi connectivity index (χ1n) is 10.7. The second-order valence-electron chi connectivity index (χ2n) is 7.68. The van der Waals surface area contributed by atoms with Crippen LogP contribution in [0, 0.1) is 16.0 Å². The molecule has 2 unspecified atom stereocenters. The maximum atomic E-state index is 13.2. The summed E-state index contributed by atoms with van der Waals surface area (Å²) in [6.45, 7) is 4.55. The van der Waals surface area contributed by atoms with Gasteiger partial charge in [0.25, 0.3) is 5.69 Å². The number of anilines is 1. The molecule has 2 atom stereocenters. The number of carbonyl (C=O) groups excluding carboxylic acids is 2. The predicted octanol–water partition coefficient (Wildman–Crippen LogP) is 5.02. The first kappa shape index (κ1) is 22.8. The molecule has 1 saturated heterocycles. The fourth-order valence-corrected chi connectivity index (χ4v) is 3.91. The number of benzene rings is 1. The third-order valence-electron chi connectivity index (χ3n) is 5.51. The number of ether oxygens (including phenoxy) is 1. The molecule has 1 aromatic carbocycles. The Hall–Kier alpha value is -2.44. The molecule has 1 fully saturated rings. The standard InChI is InChI=1S/C22H32N2O5/c1-3-5-7-8-20(17-14-15-29-22(26)16-17)23(21(25)9-6-4-2)18-10-12-19(13-11-18)24(27)28/h10-13,17,20H,3-9,14-16H2,1-2H3. The summed E-state index contributed by atoms with van der Waals surface area (Å²) in [5, 5.41) is 11.0. The predicted molar refractivity (Wildman–Crippen MR) is 112 cm³/mol. The van der Waals surface area contributed by atoms with Gasteiger partial charge in [0.2, 0.25) is 5.91 Å². The molecule has 1 amide bonds. The van der Waals surface area contributed by atoms with Crippen molar-refractivity contribution in [3.05, 3.63) is 34.4 Å². The molecule has 0 spiro atoms. The number of amides is 1. The van der Waals surface area contributed by atoms with E-state index < -0.39 is 4.92 Å². The van der Waals surface area contributed by atoms with Crippen molar-refractivity contribution in [2.24, 2.45) is 5.92 Å². The van der Waals surface area contributed by atoms with Gasteiger partial charge >= 0.3 is 5.97 Å². The lowest BCUT2D eigenvalue weighted by Gasteiger charge is -2.38. The van der Waals surface area contributed by atoms with Gasteiger partial charge in [-0.05, 0) is 37.3 Å². The van der Waals surface area contributed by atoms with Crippen molar-refractivity contribution >= 4 is 23.3 Å². The lowest BCUT2D eigenvalue weighted by molar-refractivity contribution is -0.384. The van der Waals surface area contributed by atoms with E-state index in [4.69, 9.17) is 4.74 Å².